The van der Waals surface area contributed by atoms with E-state index in [1.54, 1.807) is 12.1 Å². The number of hydrogen-bond donors (Lipinski definition) is 2. The second-order valence-corrected chi connectivity index (χ2v) is 7.82. The van der Waals surface area contributed by atoms with Gasteiger partial charge in [-0.15, -0.1) is 0 Å². The molecule has 0 saturated heterocycles. The van der Waals surface area contributed by atoms with Gasteiger partial charge in [0.25, 0.3) is 0 Å². The molecule has 3 N–H and O–H groups in total. The lowest BCUT2D eigenvalue weighted by Gasteiger charge is -2.27. The predicted octanol–water partition coefficient (Wildman–Crippen LogP) is 3.50. The lowest BCUT2D eigenvalue weighted by Crippen LogP contribution is -2.43. The monoisotopic (exact) mass is 411 g/mol. The van der Waals surface area contributed by atoms with Crippen molar-refractivity contribution in [3.8, 4) is 5.75 Å². The third-order valence-corrected chi connectivity index (χ3v) is 5.51. The van der Waals surface area contributed by atoms with Crippen molar-refractivity contribution in [2.24, 2.45) is 11.7 Å². The molecule has 0 radical (unpaired) electrons. The molecule has 0 heterocycles. The third kappa shape index (κ3) is 6.32. The van der Waals surface area contributed by atoms with Gasteiger partial charge in [0.15, 0.2) is 0 Å². The molecule has 2 aromatic carbocycles. The van der Waals surface area contributed by atoms with Crippen LogP contribution in [0.5, 0.6) is 5.75 Å². The van der Waals surface area contributed by atoms with Crippen molar-refractivity contribution < 1.29 is 24.2 Å². The maximum absolute atomic E-state index is 12.7. The van der Waals surface area contributed by atoms with E-state index in [1.165, 1.54) is 12.1 Å². The second kappa shape index (κ2) is 10.8. The number of ether oxygens (including phenoxy) is 2. The Labute approximate surface area is 177 Å². The Bertz CT molecular complexity index is 832. The van der Waals surface area contributed by atoms with Gasteiger partial charge in [-0.3, -0.25) is 4.79 Å². The van der Waals surface area contributed by atoms with Gasteiger partial charge in [0.2, 0.25) is 6.10 Å². The number of aromatic hydroxyl groups is 1. The van der Waals surface area contributed by atoms with Crippen LogP contribution in [0.1, 0.15) is 43.2 Å². The van der Waals surface area contributed by atoms with Crippen molar-refractivity contribution in [2.75, 3.05) is 0 Å². The average Bonchev–Trinajstić information content (AvgIpc) is 2.77. The van der Waals surface area contributed by atoms with Gasteiger partial charge in [-0.25, -0.2) is 4.79 Å². The second-order valence-electron chi connectivity index (χ2n) is 7.82. The van der Waals surface area contributed by atoms with E-state index in [4.69, 9.17) is 15.2 Å². The molecule has 1 fully saturated rings. The highest BCUT2D eigenvalue weighted by Crippen LogP contribution is 2.26. The van der Waals surface area contributed by atoms with Crippen molar-refractivity contribution in [3.63, 3.8) is 0 Å². The zero-order chi connectivity index (χ0) is 21.3. The van der Waals surface area contributed by atoms with Crippen LogP contribution in [0.2, 0.25) is 0 Å². The minimum absolute atomic E-state index is 0.0769. The van der Waals surface area contributed by atoms with Crippen LogP contribution in [0.15, 0.2) is 54.6 Å². The van der Waals surface area contributed by atoms with Crippen molar-refractivity contribution in [3.05, 3.63) is 65.7 Å². The maximum atomic E-state index is 12.7. The smallest absolute Gasteiger partial charge is 0.348 e. The number of benzene rings is 2. The van der Waals surface area contributed by atoms with Crippen molar-refractivity contribution in [1.29, 1.82) is 0 Å². The highest BCUT2D eigenvalue weighted by Gasteiger charge is 2.32. The van der Waals surface area contributed by atoms with E-state index in [0.717, 1.165) is 37.7 Å². The van der Waals surface area contributed by atoms with Gasteiger partial charge in [0.05, 0.1) is 0 Å². The highest BCUT2D eigenvalue weighted by molar-refractivity contribution is 5.82. The molecular formula is C24H29NO5. The summed E-state index contributed by atoms with van der Waals surface area (Å²) in [6.07, 6.45) is 4.03. The molecule has 0 aromatic heterocycles. The largest absolute Gasteiger partial charge is 0.508 e. The zero-order valence-electron chi connectivity index (χ0n) is 17.0. The van der Waals surface area contributed by atoms with E-state index in [0.29, 0.717) is 5.56 Å². The first kappa shape index (κ1) is 21.8. The number of hydrogen-bond acceptors (Lipinski definition) is 6. The first-order chi connectivity index (χ1) is 14.5. The Kier molecular flexibility index (Phi) is 7.85. The summed E-state index contributed by atoms with van der Waals surface area (Å²) in [5, 5.41) is 9.71. The van der Waals surface area contributed by atoms with Crippen molar-refractivity contribution >= 4 is 11.9 Å². The van der Waals surface area contributed by atoms with E-state index < -0.39 is 24.1 Å². The zero-order valence-corrected chi connectivity index (χ0v) is 17.0. The van der Waals surface area contributed by atoms with E-state index >= 15 is 0 Å². The molecule has 0 spiro atoms. The van der Waals surface area contributed by atoms with Crippen molar-refractivity contribution in [2.45, 2.75) is 57.3 Å². The van der Waals surface area contributed by atoms with Crippen LogP contribution in [0, 0.1) is 5.92 Å². The lowest BCUT2D eigenvalue weighted by atomic mass is 9.84. The van der Waals surface area contributed by atoms with Crippen LogP contribution in [-0.4, -0.2) is 29.2 Å². The van der Waals surface area contributed by atoms with Gasteiger partial charge in [-0.2, -0.15) is 0 Å². The molecule has 1 aliphatic carbocycles. The topological polar surface area (TPSA) is 98.9 Å². The minimum Gasteiger partial charge on any atom is -0.508 e. The van der Waals surface area contributed by atoms with Gasteiger partial charge in [-0.1, -0.05) is 61.7 Å². The molecule has 0 amide bonds. The van der Waals surface area contributed by atoms with E-state index in [-0.39, 0.29) is 24.7 Å². The van der Waals surface area contributed by atoms with Gasteiger partial charge in [0, 0.05) is 6.42 Å². The van der Waals surface area contributed by atoms with Crippen LogP contribution in [0.4, 0.5) is 0 Å². The molecular weight excluding hydrogens is 382 g/mol. The van der Waals surface area contributed by atoms with Gasteiger partial charge >= 0.3 is 11.9 Å². The number of phenolic OH excluding ortho intramolecular Hbond substituents is 1. The molecule has 3 rings (SSSR count). The fourth-order valence-electron chi connectivity index (χ4n) is 3.80. The highest BCUT2D eigenvalue weighted by atomic mass is 16.6. The summed E-state index contributed by atoms with van der Waals surface area (Å²) < 4.78 is 10.9. The van der Waals surface area contributed by atoms with Crippen molar-refractivity contribution in [1.82, 2.24) is 0 Å². The SMILES string of the molecule is N[C@H](C(=O)OC(Cc1cccc(O)c1)C(=O)OCc1ccccc1)C1CCCCC1. The van der Waals surface area contributed by atoms with Gasteiger partial charge < -0.3 is 20.3 Å². The summed E-state index contributed by atoms with van der Waals surface area (Å²) in [7, 11) is 0. The Morgan fingerprint density at radius 3 is 2.37 bits per heavy atom. The first-order valence-electron chi connectivity index (χ1n) is 10.5. The van der Waals surface area contributed by atoms with Gasteiger partial charge in [0.1, 0.15) is 18.4 Å². The summed E-state index contributed by atoms with van der Waals surface area (Å²) in [5.41, 5.74) is 7.66. The Hall–Kier alpha value is -2.86. The standard InChI is InChI=1S/C24H29NO5/c25-22(19-11-5-2-6-12-19)24(28)30-21(15-18-10-7-13-20(26)14-18)23(27)29-16-17-8-3-1-4-9-17/h1,3-4,7-10,13-14,19,21-22,26H,2,5-6,11-12,15-16,25H2/t21?,22-/m0/s1. The number of phenols is 1. The number of carbonyl (C=O) groups is 2. The van der Waals surface area contributed by atoms with Crippen LogP contribution in [0.25, 0.3) is 0 Å². The molecule has 0 aliphatic heterocycles. The summed E-state index contributed by atoms with van der Waals surface area (Å²) in [6, 6.07) is 15.0. The summed E-state index contributed by atoms with van der Waals surface area (Å²) >= 11 is 0. The molecule has 1 aliphatic rings. The first-order valence-corrected chi connectivity index (χ1v) is 10.5. The molecule has 2 aromatic rings. The Morgan fingerprint density at radius 1 is 0.967 bits per heavy atom. The van der Waals surface area contributed by atoms with E-state index in [1.807, 2.05) is 30.3 Å². The van der Waals surface area contributed by atoms with Crippen LogP contribution in [0.3, 0.4) is 0 Å². The number of carbonyl (C=O) groups excluding carboxylic acids is 2. The maximum Gasteiger partial charge on any atom is 0.348 e. The normalized spacial score (nSPS) is 16.4. The molecule has 2 atom stereocenters. The molecule has 1 unspecified atom stereocenters. The number of nitrogens with two attached hydrogens (primary N) is 1. The van der Waals surface area contributed by atoms with E-state index in [2.05, 4.69) is 0 Å². The summed E-state index contributed by atoms with van der Waals surface area (Å²) in [6.45, 7) is 0.0858. The fraction of sp³-hybridized carbons (Fsp3) is 0.417. The summed E-state index contributed by atoms with van der Waals surface area (Å²) in [5.74, 6) is -1.06. The Morgan fingerprint density at radius 2 is 1.67 bits per heavy atom. The van der Waals surface area contributed by atoms with Crippen LogP contribution >= 0.6 is 0 Å². The minimum atomic E-state index is -1.13. The third-order valence-electron chi connectivity index (χ3n) is 5.51. The molecule has 160 valence electrons. The number of rotatable bonds is 8. The summed E-state index contributed by atoms with van der Waals surface area (Å²) in [4.78, 5) is 25.4. The molecule has 1 saturated carbocycles. The molecule has 6 nitrogen and oxygen atoms in total. The Balaban J connectivity index is 1.67. The lowest BCUT2D eigenvalue weighted by molar-refractivity contribution is -0.170. The van der Waals surface area contributed by atoms with Crippen LogP contribution in [-0.2, 0) is 32.1 Å². The quantitative estimate of drug-likeness (QED) is 0.645. The molecule has 0 bridgehead atoms. The molecule has 6 heteroatoms. The number of esters is 2. The fourth-order valence-corrected chi connectivity index (χ4v) is 3.80. The van der Waals surface area contributed by atoms with Gasteiger partial charge in [-0.05, 0) is 42.0 Å². The van der Waals surface area contributed by atoms with E-state index in [9.17, 15) is 14.7 Å². The molecule has 30 heavy (non-hydrogen) atoms. The predicted molar refractivity (Wildman–Crippen MR) is 112 cm³/mol. The average molecular weight is 411 g/mol. The van der Waals surface area contributed by atoms with Crippen LogP contribution < -0.4 is 5.73 Å².